The molecule has 2 aromatic rings. The van der Waals surface area contributed by atoms with Gasteiger partial charge < -0.3 is 4.74 Å². The minimum Gasteiger partial charge on any atom is -0.458 e. The van der Waals surface area contributed by atoms with Gasteiger partial charge in [-0.2, -0.15) is 0 Å². The lowest BCUT2D eigenvalue weighted by Gasteiger charge is -2.41. The standard InChI is InChI=1S/C27H30O4S/c1-26(2)22-17-18-27(26,20-32(29,30)23-14-7-4-8-15-23)24(19-22)31-25(28)16-10-9-13-21-11-5-3-6-12-21/h3-9,11-12,14-16,22,24H,13,17-20H2,1-2H3/t10?,22-,24-,27+/m1/s1. The zero-order chi connectivity index (χ0) is 22.8. The Morgan fingerprint density at radius 2 is 1.75 bits per heavy atom. The maximum Gasteiger partial charge on any atom is 0.338 e. The molecule has 2 aliphatic rings. The van der Waals surface area contributed by atoms with Crippen LogP contribution in [0.25, 0.3) is 0 Å². The van der Waals surface area contributed by atoms with Crippen LogP contribution in [-0.4, -0.2) is 26.2 Å². The number of rotatable bonds is 7. The Kier molecular flexibility index (Phi) is 6.15. The maximum absolute atomic E-state index is 13.3. The van der Waals surface area contributed by atoms with Crippen LogP contribution in [0.5, 0.6) is 0 Å². The molecule has 0 heterocycles. The van der Waals surface area contributed by atoms with E-state index in [1.807, 2.05) is 36.4 Å². The molecule has 2 aliphatic carbocycles. The Morgan fingerprint density at radius 1 is 1.09 bits per heavy atom. The lowest BCUT2D eigenvalue weighted by Crippen LogP contribution is -2.46. The largest absolute Gasteiger partial charge is 0.458 e. The number of carbonyl (C=O) groups is 1. The average Bonchev–Trinajstić information content (AvgIpc) is 3.13. The molecule has 0 saturated heterocycles. The van der Waals surface area contributed by atoms with E-state index in [-0.39, 0.29) is 11.2 Å². The van der Waals surface area contributed by atoms with Crippen LogP contribution >= 0.6 is 0 Å². The Bertz CT molecular complexity index is 1130. The van der Waals surface area contributed by atoms with Gasteiger partial charge in [-0.05, 0) is 60.8 Å². The average molecular weight is 451 g/mol. The predicted octanol–water partition coefficient (Wildman–Crippen LogP) is 5.15. The summed E-state index contributed by atoms with van der Waals surface area (Å²) in [5.41, 5.74) is 3.26. The van der Waals surface area contributed by atoms with Gasteiger partial charge in [0.2, 0.25) is 0 Å². The Hall–Kier alpha value is -2.62. The van der Waals surface area contributed by atoms with Crippen molar-refractivity contribution < 1.29 is 17.9 Å². The van der Waals surface area contributed by atoms with Crippen molar-refractivity contribution in [3.05, 3.63) is 84.1 Å². The molecule has 0 aromatic heterocycles. The van der Waals surface area contributed by atoms with Crippen molar-refractivity contribution in [2.45, 2.75) is 50.5 Å². The summed E-state index contributed by atoms with van der Waals surface area (Å²) in [6.07, 6.45) is 5.83. The van der Waals surface area contributed by atoms with Crippen LogP contribution < -0.4 is 0 Å². The highest BCUT2D eigenvalue weighted by Crippen LogP contribution is 2.67. The number of ether oxygens (including phenoxy) is 1. The molecule has 32 heavy (non-hydrogen) atoms. The summed E-state index contributed by atoms with van der Waals surface area (Å²) in [6.45, 7) is 4.27. The number of carbonyl (C=O) groups excluding carboxylic acids is 1. The molecule has 0 spiro atoms. The second-order valence-electron chi connectivity index (χ2n) is 9.55. The van der Waals surface area contributed by atoms with Crippen LogP contribution in [0.15, 0.2) is 83.4 Å². The van der Waals surface area contributed by atoms with Gasteiger partial charge in [0.15, 0.2) is 9.84 Å². The zero-order valence-corrected chi connectivity index (χ0v) is 19.5. The molecular formula is C27H30O4S. The molecule has 2 fully saturated rings. The third-order valence-corrected chi connectivity index (χ3v) is 9.55. The third-order valence-electron chi connectivity index (χ3n) is 7.67. The number of sulfone groups is 1. The first-order chi connectivity index (χ1) is 15.2. The van der Waals surface area contributed by atoms with Crippen LogP contribution in [-0.2, 0) is 25.8 Å². The fraction of sp³-hybridized carbons (Fsp3) is 0.407. The molecule has 4 rings (SSSR count). The van der Waals surface area contributed by atoms with Crippen molar-refractivity contribution in [2.75, 3.05) is 5.75 Å². The minimum atomic E-state index is -3.50. The number of esters is 1. The van der Waals surface area contributed by atoms with Crippen molar-refractivity contribution in [3.63, 3.8) is 0 Å². The first kappa shape index (κ1) is 22.6. The number of hydrogen-bond donors (Lipinski definition) is 0. The first-order valence-electron chi connectivity index (χ1n) is 11.2. The molecule has 2 aromatic carbocycles. The summed E-state index contributed by atoms with van der Waals surface area (Å²) < 4.78 is 32.4. The molecule has 0 unspecified atom stereocenters. The molecule has 4 nitrogen and oxygen atoms in total. The number of hydrogen-bond acceptors (Lipinski definition) is 4. The molecular weight excluding hydrogens is 420 g/mol. The van der Waals surface area contributed by atoms with Crippen LogP contribution in [0.3, 0.4) is 0 Å². The second-order valence-corrected chi connectivity index (χ2v) is 11.5. The number of fused-ring (bicyclic) bond motifs is 2. The van der Waals surface area contributed by atoms with Crippen molar-refractivity contribution in [1.29, 1.82) is 0 Å². The maximum atomic E-state index is 13.3. The van der Waals surface area contributed by atoms with E-state index in [4.69, 9.17) is 4.74 Å². The fourth-order valence-electron chi connectivity index (χ4n) is 5.65. The van der Waals surface area contributed by atoms with Crippen LogP contribution in [0.1, 0.15) is 38.7 Å². The summed E-state index contributed by atoms with van der Waals surface area (Å²) in [5, 5.41) is 0. The summed E-state index contributed by atoms with van der Waals surface area (Å²) in [5.74, 6) is -0.109. The number of benzene rings is 2. The van der Waals surface area contributed by atoms with Gasteiger partial charge in [0.05, 0.1) is 16.7 Å². The van der Waals surface area contributed by atoms with Gasteiger partial charge in [-0.1, -0.05) is 62.4 Å². The van der Waals surface area contributed by atoms with Gasteiger partial charge in [-0.15, -0.1) is 5.73 Å². The third kappa shape index (κ3) is 4.20. The molecule has 2 saturated carbocycles. The van der Waals surface area contributed by atoms with Crippen molar-refractivity contribution in [3.8, 4) is 0 Å². The minimum absolute atomic E-state index is 0.000971. The normalized spacial score (nSPS) is 25.7. The summed E-state index contributed by atoms with van der Waals surface area (Å²) >= 11 is 0. The molecule has 0 N–H and O–H groups in total. The lowest BCUT2D eigenvalue weighted by molar-refractivity contribution is -0.150. The molecule has 3 atom stereocenters. The first-order valence-corrected chi connectivity index (χ1v) is 12.8. The van der Waals surface area contributed by atoms with Crippen LogP contribution in [0.2, 0.25) is 0 Å². The van der Waals surface area contributed by atoms with Crippen molar-refractivity contribution >= 4 is 15.8 Å². The molecule has 0 radical (unpaired) electrons. The fourth-order valence-corrected chi connectivity index (χ4v) is 7.77. The van der Waals surface area contributed by atoms with E-state index in [2.05, 4.69) is 19.6 Å². The topological polar surface area (TPSA) is 60.4 Å². The molecule has 5 heteroatoms. The van der Waals surface area contributed by atoms with E-state index in [1.54, 1.807) is 30.3 Å². The van der Waals surface area contributed by atoms with Gasteiger partial charge in [-0.25, -0.2) is 13.2 Å². The Labute approximate surface area is 190 Å². The quantitative estimate of drug-likeness (QED) is 0.332. The zero-order valence-electron chi connectivity index (χ0n) is 18.7. The smallest absolute Gasteiger partial charge is 0.338 e. The van der Waals surface area contributed by atoms with Crippen LogP contribution in [0, 0.1) is 16.7 Å². The van der Waals surface area contributed by atoms with Crippen molar-refractivity contribution in [2.24, 2.45) is 16.7 Å². The summed E-state index contributed by atoms with van der Waals surface area (Å²) in [6, 6.07) is 18.5. The van der Waals surface area contributed by atoms with Gasteiger partial charge in [0.1, 0.15) is 6.10 Å². The monoisotopic (exact) mass is 450 g/mol. The Balaban J connectivity index is 1.51. The molecule has 168 valence electrons. The molecule has 0 amide bonds. The van der Waals surface area contributed by atoms with E-state index in [0.29, 0.717) is 23.7 Å². The SMILES string of the molecule is CC1(C)[C@@H]2CC[C@]1(CS(=O)(=O)c1ccccc1)[C@H](OC(=O)C=C=CCc1ccccc1)C2. The lowest BCUT2D eigenvalue weighted by atomic mass is 9.69. The van der Waals surface area contributed by atoms with Crippen molar-refractivity contribution in [1.82, 2.24) is 0 Å². The van der Waals surface area contributed by atoms with E-state index >= 15 is 0 Å². The predicted molar refractivity (Wildman–Crippen MR) is 125 cm³/mol. The van der Waals surface area contributed by atoms with Gasteiger partial charge in [0, 0.05) is 5.41 Å². The van der Waals surface area contributed by atoms with Crippen LogP contribution in [0.4, 0.5) is 0 Å². The highest BCUT2D eigenvalue weighted by Gasteiger charge is 2.66. The van der Waals surface area contributed by atoms with Gasteiger partial charge in [0.25, 0.3) is 0 Å². The van der Waals surface area contributed by atoms with E-state index in [1.165, 1.54) is 6.08 Å². The Morgan fingerprint density at radius 3 is 2.41 bits per heavy atom. The molecule has 0 aliphatic heterocycles. The van der Waals surface area contributed by atoms with E-state index < -0.39 is 27.3 Å². The summed E-state index contributed by atoms with van der Waals surface area (Å²) in [7, 11) is -3.50. The molecule has 2 bridgehead atoms. The van der Waals surface area contributed by atoms with Gasteiger partial charge in [-0.3, -0.25) is 0 Å². The highest BCUT2D eigenvalue weighted by atomic mass is 32.2. The highest BCUT2D eigenvalue weighted by molar-refractivity contribution is 7.91. The summed E-state index contributed by atoms with van der Waals surface area (Å²) in [4.78, 5) is 12.9. The van der Waals surface area contributed by atoms with E-state index in [9.17, 15) is 13.2 Å². The van der Waals surface area contributed by atoms with E-state index in [0.717, 1.165) is 18.4 Å². The second kappa shape index (κ2) is 8.73. The van der Waals surface area contributed by atoms with Gasteiger partial charge >= 0.3 is 5.97 Å².